The Morgan fingerprint density at radius 1 is 1.32 bits per heavy atom. The van der Waals surface area contributed by atoms with Gasteiger partial charge in [-0.25, -0.2) is 4.98 Å². The molecule has 0 atom stereocenters. The highest BCUT2D eigenvalue weighted by molar-refractivity contribution is 14.0. The molecule has 2 N–H and O–H groups in total. The molecule has 0 unspecified atom stereocenters. The molecule has 0 saturated carbocycles. The zero-order chi connectivity index (χ0) is 15.1. The van der Waals surface area contributed by atoms with E-state index in [4.69, 9.17) is 0 Å². The summed E-state index contributed by atoms with van der Waals surface area (Å²) in [6.07, 6.45) is 2.51. The van der Waals surface area contributed by atoms with Crippen LogP contribution in [0, 0.1) is 6.92 Å². The number of hydrogen-bond acceptors (Lipinski definition) is 3. The molecule has 1 heterocycles. The van der Waals surface area contributed by atoms with Crippen molar-refractivity contribution in [1.29, 1.82) is 0 Å². The molecule has 0 fully saturated rings. The van der Waals surface area contributed by atoms with E-state index >= 15 is 0 Å². The number of nitrogens with zero attached hydrogens (tertiary/aromatic N) is 4. The van der Waals surface area contributed by atoms with Crippen molar-refractivity contribution in [2.75, 3.05) is 13.6 Å². The number of benzene rings is 1. The van der Waals surface area contributed by atoms with Crippen LogP contribution in [0.4, 0.5) is 0 Å². The van der Waals surface area contributed by atoms with Gasteiger partial charge in [0, 0.05) is 20.6 Å². The van der Waals surface area contributed by atoms with Gasteiger partial charge in [0.1, 0.15) is 12.2 Å². The highest BCUT2D eigenvalue weighted by atomic mass is 127. The van der Waals surface area contributed by atoms with Crippen molar-refractivity contribution in [3.8, 4) is 0 Å². The van der Waals surface area contributed by atoms with Crippen molar-refractivity contribution in [2.45, 2.75) is 19.9 Å². The Morgan fingerprint density at radius 2 is 2.14 bits per heavy atom. The first-order chi connectivity index (χ1) is 10.2. The second-order valence-electron chi connectivity index (χ2n) is 4.89. The molecular formula is C15H23IN6. The third-order valence-corrected chi connectivity index (χ3v) is 3.23. The average molecular weight is 414 g/mol. The fourth-order valence-electron chi connectivity index (χ4n) is 2.06. The lowest BCUT2D eigenvalue weighted by Crippen LogP contribution is -2.38. The molecule has 2 rings (SSSR count). The lowest BCUT2D eigenvalue weighted by Gasteiger charge is -2.11. The van der Waals surface area contributed by atoms with Gasteiger partial charge in [-0.05, 0) is 18.9 Å². The lowest BCUT2D eigenvalue weighted by molar-refractivity contribution is 0.672. The molecule has 6 nitrogen and oxygen atoms in total. The molecule has 0 saturated heterocycles. The topological polar surface area (TPSA) is 67.1 Å². The molecule has 0 bridgehead atoms. The van der Waals surface area contributed by atoms with E-state index in [1.54, 1.807) is 18.1 Å². The van der Waals surface area contributed by atoms with E-state index in [1.807, 2.05) is 7.05 Å². The first kappa shape index (κ1) is 18.4. The maximum absolute atomic E-state index is 4.20. The maximum atomic E-state index is 4.20. The molecule has 0 aliphatic carbocycles. The Bertz CT molecular complexity index is 608. The van der Waals surface area contributed by atoms with Gasteiger partial charge in [-0.1, -0.05) is 29.8 Å². The van der Waals surface area contributed by atoms with Crippen LogP contribution >= 0.6 is 24.0 Å². The van der Waals surface area contributed by atoms with Crippen LogP contribution in [0.3, 0.4) is 0 Å². The Balaban J connectivity index is 0.00000242. The van der Waals surface area contributed by atoms with Gasteiger partial charge < -0.3 is 10.6 Å². The fraction of sp³-hybridized carbons (Fsp3) is 0.400. The summed E-state index contributed by atoms with van der Waals surface area (Å²) in [5, 5.41) is 10.6. The summed E-state index contributed by atoms with van der Waals surface area (Å²) in [4.78, 5) is 8.37. The molecule has 7 heteroatoms. The van der Waals surface area contributed by atoms with Crippen molar-refractivity contribution in [2.24, 2.45) is 12.0 Å². The van der Waals surface area contributed by atoms with E-state index in [2.05, 4.69) is 56.9 Å². The molecule has 0 amide bonds. The quantitative estimate of drug-likeness (QED) is 0.444. The summed E-state index contributed by atoms with van der Waals surface area (Å²) in [6, 6.07) is 8.55. The van der Waals surface area contributed by atoms with Gasteiger partial charge in [0.15, 0.2) is 5.96 Å². The zero-order valence-electron chi connectivity index (χ0n) is 13.2. The largest absolute Gasteiger partial charge is 0.356 e. The van der Waals surface area contributed by atoms with Crippen LogP contribution in [-0.2, 0) is 20.0 Å². The van der Waals surface area contributed by atoms with Crippen molar-refractivity contribution in [3.05, 3.63) is 47.5 Å². The number of rotatable bonds is 5. The van der Waals surface area contributed by atoms with Crippen LogP contribution in [0.15, 0.2) is 35.6 Å². The number of nitrogens with one attached hydrogen (secondary N) is 2. The van der Waals surface area contributed by atoms with Crippen LogP contribution in [0.1, 0.15) is 17.0 Å². The zero-order valence-corrected chi connectivity index (χ0v) is 15.5. The molecular weight excluding hydrogens is 391 g/mol. The Kier molecular flexibility index (Phi) is 7.86. The fourth-order valence-corrected chi connectivity index (χ4v) is 2.06. The van der Waals surface area contributed by atoms with E-state index in [9.17, 15) is 0 Å². The van der Waals surface area contributed by atoms with E-state index < -0.39 is 0 Å². The number of aromatic nitrogens is 3. The Hall–Kier alpha value is -1.64. The standard InChI is InChI=1S/C15H22N6.HI/c1-12-5-4-6-13(9-12)7-8-17-15(16-2)18-10-14-19-11-20-21(14)3;/h4-6,9,11H,7-8,10H2,1-3H3,(H2,16,17,18);1H. The number of hydrogen-bond donors (Lipinski definition) is 2. The summed E-state index contributed by atoms with van der Waals surface area (Å²) in [5.41, 5.74) is 2.61. The van der Waals surface area contributed by atoms with E-state index in [0.29, 0.717) is 6.54 Å². The summed E-state index contributed by atoms with van der Waals surface area (Å²) >= 11 is 0. The molecule has 1 aromatic carbocycles. The Morgan fingerprint density at radius 3 is 2.77 bits per heavy atom. The van der Waals surface area contributed by atoms with Crippen molar-refractivity contribution in [1.82, 2.24) is 25.4 Å². The summed E-state index contributed by atoms with van der Waals surface area (Å²) < 4.78 is 1.74. The predicted octanol–water partition coefficient (Wildman–Crippen LogP) is 1.65. The normalized spacial score (nSPS) is 11.0. The molecule has 0 radical (unpaired) electrons. The SMILES string of the molecule is CN=C(NCCc1cccc(C)c1)NCc1ncnn1C.I. The van der Waals surface area contributed by atoms with E-state index in [0.717, 1.165) is 24.7 Å². The van der Waals surface area contributed by atoms with E-state index in [-0.39, 0.29) is 24.0 Å². The van der Waals surface area contributed by atoms with Crippen molar-refractivity contribution < 1.29 is 0 Å². The molecule has 0 spiro atoms. The highest BCUT2D eigenvalue weighted by Gasteiger charge is 2.02. The number of guanidine groups is 1. The molecule has 120 valence electrons. The molecule has 22 heavy (non-hydrogen) atoms. The second kappa shape index (κ2) is 9.39. The van der Waals surface area contributed by atoms with Gasteiger partial charge in [0.25, 0.3) is 0 Å². The predicted molar refractivity (Wildman–Crippen MR) is 99.5 cm³/mol. The van der Waals surface area contributed by atoms with Crippen molar-refractivity contribution >= 4 is 29.9 Å². The third-order valence-electron chi connectivity index (χ3n) is 3.23. The first-order valence-electron chi connectivity index (χ1n) is 7.02. The van der Waals surface area contributed by atoms with Gasteiger partial charge >= 0.3 is 0 Å². The Labute approximate surface area is 148 Å². The van der Waals surface area contributed by atoms with Gasteiger partial charge in [0.05, 0.1) is 6.54 Å². The number of halogens is 1. The smallest absolute Gasteiger partial charge is 0.191 e. The van der Waals surface area contributed by atoms with Crippen LogP contribution in [-0.4, -0.2) is 34.3 Å². The van der Waals surface area contributed by atoms with E-state index in [1.165, 1.54) is 11.1 Å². The molecule has 0 aliphatic heterocycles. The maximum Gasteiger partial charge on any atom is 0.191 e. The van der Waals surface area contributed by atoms with Crippen LogP contribution < -0.4 is 10.6 Å². The van der Waals surface area contributed by atoms with Gasteiger partial charge in [-0.2, -0.15) is 5.10 Å². The minimum Gasteiger partial charge on any atom is -0.356 e. The van der Waals surface area contributed by atoms with Crippen molar-refractivity contribution in [3.63, 3.8) is 0 Å². The van der Waals surface area contributed by atoms with Crippen LogP contribution in [0.2, 0.25) is 0 Å². The van der Waals surface area contributed by atoms with Gasteiger partial charge in [-0.15, -0.1) is 24.0 Å². The summed E-state index contributed by atoms with van der Waals surface area (Å²) in [5.74, 6) is 1.64. The third kappa shape index (κ3) is 5.63. The molecule has 2 aromatic rings. The monoisotopic (exact) mass is 414 g/mol. The molecule has 1 aromatic heterocycles. The number of aliphatic imine (C=N–C) groups is 1. The minimum atomic E-state index is 0. The first-order valence-corrected chi connectivity index (χ1v) is 7.02. The summed E-state index contributed by atoms with van der Waals surface area (Å²) in [7, 11) is 3.64. The number of aryl methyl sites for hydroxylation is 2. The molecule has 0 aliphatic rings. The lowest BCUT2D eigenvalue weighted by atomic mass is 10.1. The second-order valence-corrected chi connectivity index (χ2v) is 4.89. The van der Waals surface area contributed by atoms with Crippen LogP contribution in [0.25, 0.3) is 0 Å². The van der Waals surface area contributed by atoms with Gasteiger partial charge in [0.2, 0.25) is 0 Å². The minimum absolute atomic E-state index is 0. The highest BCUT2D eigenvalue weighted by Crippen LogP contribution is 2.03. The van der Waals surface area contributed by atoms with Crippen LogP contribution in [0.5, 0.6) is 0 Å². The average Bonchev–Trinajstić information content (AvgIpc) is 2.88. The van der Waals surface area contributed by atoms with Gasteiger partial charge in [-0.3, -0.25) is 9.67 Å². The summed E-state index contributed by atoms with van der Waals surface area (Å²) in [6.45, 7) is 3.54.